The number of anilines is 1. The van der Waals surface area contributed by atoms with E-state index in [1.54, 1.807) is 7.11 Å². The third-order valence-corrected chi connectivity index (χ3v) is 4.38. The van der Waals surface area contributed by atoms with Gasteiger partial charge in [0.1, 0.15) is 23.2 Å². The first-order valence-electron chi connectivity index (χ1n) is 6.95. The van der Waals surface area contributed by atoms with E-state index in [1.807, 2.05) is 59.3 Å². The molecule has 0 amide bonds. The second kappa shape index (κ2) is 6.34. The van der Waals surface area contributed by atoms with E-state index in [4.69, 9.17) is 10.5 Å². The second-order valence-electron chi connectivity index (χ2n) is 4.99. The van der Waals surface area contributed by atoms with Crippen molar-refractivity contribution < 1.29 is 4.74 Å². The first-order chi connectivity index (χ1) is 11.1. The molecule has 1 heterocycles. The molecule has 0 spiro atoms. The number of nitrogens with two attached hydrogens (primary N) is 1. The molecule has 0 aliphatic rings. The highest BCUT2D eigenvalue weighted by atomic mass is 127. The summed E-state index contributed by atoms with van der Waals surface area (Å²) in [5, 5.41) is 9.50. The van der Waals surface area contributed by atoms with Gasteiger partial charge in [-0.1, -0.05) is 12.1 Å². The molecule has 2 aromatic carbocycles. The summed E-state index contributed by atoms with van der Waals surface area (Å²) in [6.45, 7) is 0. The van der Waals surface area contributed by atoms with E-state index >= 15 is 0 Å². The van der Waals surface area contributed by atoms with E-state index in [0.717, 1.165) is 26.1 Å². The van der Waals surface area contributed by atoms with Gasteiger partial charge in [0.2, 0.25) is 0 Å². The molecule has 114 valence electrons. The number of hydrogen-bond donors (Lipinski definition) is 1. The molecule has 5 heteroatoms. The molecule has 2 N–H and O–H groups in total. The van der Waals surface area contributed by atoms with Gasteiger partial charge in [0.15, 0.2) is 0 Å². The molecule has 0 unspecified atom stereocenters. The number of ether oxygens (including phenoxy) is 1. The fraction of sp³-hybridized carbons (Fsp3) is 0.0556. The number of nitrogen functional groups attached to an aromatic ring is 1. The summed E-state index contributed by atoms with van der Waals surface area (Å²) in [5.74, 6) is 1.22. The summed E-state index contributed by atoms with van der Waals surface area (Å²) in [6.07, 6.45) is 1.90. The van der Waals surface area contributed by atoms with Crippen molar-refractivity contribution in [1.29, 1.82) is 5.26 Å². The Bertz CT molecular complexity index is 874. The van der Waals surface area contributed by atoms with Crippen LogP contribution in [0.1, 0.15) is 5.56 Å². The zero-order valence-corrected chi connectivity index (χ0v) is 14.6. The summed E-state index contributed by atoms with van der Waals surface area (Å²) in [6, 6.07) is 17.8. The van der Waals surface area contributed by atoms with Crippen molar-refractivity contribution in [2.24, 2.45) is 0 Å². The van der Waals surface area contributed by atoms with Gasteiger partial charge >= 0.3 is 0 Å². The normalized spacial score (nSPS) is 10.3. The molecule has 0 saturated carbocycles. The predicted octanol–water partition coefficient (Wildman–Crippen LogP) is 4.21. The predicted molar refractivity (Wildman–Crippen MR) is 99.6 cm³/mol. The Labute approximate surface area is 148 Å². The summed E-state index contributed by atoms with van der Waals surface area (Å²) in [7, 11) is 1.63. The molecule has 0 saturated heterocycles. The fourth-order valence-corrected chi connectivity index (χ4v) is 2.80. The largest absolute Gasteiger partial charge is 0.497 e. The van der Waals surface area contributed by atoms with Crippen LogP contribution < -0.4 is 10.5 Å². The number of methoxy groups -OCH3 is 1. The molecule has 0 fully saturated rings. The number of nitrogens with zero attached hydrogens (tertiary/aromatic N) is 2. The molecule has 4 nitrogen and oxygen atoms in total. The van der Waals surface area contributed by atoms with Crippen LogP contribution in [0.15, 0.2) is 54.7 Å². The minimum atomic E-state index is 0.444. The van der Waals surface area contributed by atoms with Crippen molar-refractivity contribution in [2.45, 2.75) is 0 Å². The summed E-state index contributed by atoms with van der Waals surface area (Å²) in [5.41, 5.74) is 9.34. The van der Waals surface area contributed by atoms with Gasteiger partial charge in [0.25, 0.3) is 0 Å². The average molecular weight is 415 g/mol. The highest BCUT2D eigenvalue weighted by Gasteiger charge is 2.16. The topological polar surface area (TPSA) is 64.0 Å². The minimum Gasteiger partial charge on any atom is -0.497 e. The van der Waals surface area contributed by atoms with E-state index in [-0.39, 0.29) is 0 Å². The Morgan fingerprint density at radius 1 is 1.09 bits per heavy atom. The van der Waals surface area contributed by atoms with Crippen LogP contribution in [-0.4, -0.2) is 11.7 Å². The average Bonchev–Trinajstić information content (AvgIpc) is 2.92. The van der Waals surface area contributed by atoms with Gasteiger partial charge in [-0.25, -0.2) is 0 Å². The van der Waals surface area contributed by atoms with Crippen LogP contribution in [0.2, 0.25) is 0 Å². The Kier molecular flexibility index (Phi) is 4.26. The smallest absolute Gasteiger partial charge is 0.126 e. The molecular formula is C18H14IN3O. The summed E-state index contributed by atoms with van der Waals surface area (Å²) >= 11 is 2.26. The van der Waals surface area contributed by atoms with Crippen LogP contribution >= 0.6 is 22.6 Å². The van der Waals surface area contributed by atoms with Crippen molar-refractivity contribution in [3.05, 3.63) is 63.9 Å². The van der Waals surface area contributed by atoms with Crippen LogP contribution in [0.25, 0.3) is 16.8 Å². The van der Waals surface area contributed by atoms with E-state index < -0.39 is 0 Å². The van der Waals surface area contributed by atoms with E-state index in [9.17, 15) is 5.26 Å². The van der Waals surface area contributed by atoms with E-state index in [0.29, 0.717) is 11.4 Å². The molecule has 0 radical (unpaired) electrons. The maximum atomic E-state index is 9.50. The number of rotatable bonds is 3. The maximum absolute atomic E-state index is 9.50. The zero-order valence-electron chi connectivity index (χ0n) is 12.5. The Balaban J connectivity index is 2.12. The molecule has 0 bridgehead atoms. The van der Waals surface area contributed by atoms with Crippen LogP contribution in [-0.2, 0) is 0 Å². The molecule has 3 rings (SSSR count). The molecular weight excluding hydrogens is 401 g/mol. The van der Waals surface area contributed by atoms with E-state index in [2.05, 4.69) is 28.7 Å². The first kappa shape index (κ1) is 15.4. The summed E-state index contributed by atoms with van der Waals surface area (Å²) < 4.78 is 8.16. The zero-order chi connectivity index (χ0) is 16.4. The van der Waals surface area contributed by atoms with Crippen molar-refractivity contribution >= 4 is 28.4 Å². The van der Waals surface area contributed by atoms with Crippen LogP contribution in [0.4, 0.5) is 5.82 Å². The lowest BCUT2D eigenvalue weighted by Crippen LogP contribution is -1.99. The molecule has 3 aromatic rings. The highest BCUT2D eigenvalue weighted by Crippen LogP contribution is 2.32. The first-order valence-corrected chi connectivity index (χ1v) is 8.03. The number of hydrogen-bond acceptors (Lipinski definition) is 3. The maximum Gasteiger partial charge on any atom is 0.126 e. The van der Waals surface area contributed by atoms with Crippen molar-refractivity contribution in [3.63, 3.8) is 0 Å². The third kappa shape index (κ3) is 2.90. The van der Waals surface area contributed by atoms with Gasteiger partial charge in [0, 0.05) is 21.0 Å². The Morgan fingerprint density at radius 2 is 1.74 bits per heavy atom. The SMILES string of the molecule is COc1ccc(-c2cn(-c3ccc(I)cc3)c(N)c2C#N)cc1. The number of aromatic nitrogens is 1. The summed E-state index contributed by atoms with van der Waals surface area (Å²) in [4.78, 5) is 0. The van der Waals surface area contributed by atoms with Gasteiger partial charge in [-0.2, -0.15) is 5.26 Å². The van der Waals surface area contributed by atoms with Gasteiger partial charge in [-0.05, 0) is 64.6 Å². The number of benzene rings is 2. The molecule has 1 aromatic heterocycles. The molecule has 0 aliphatic heterocycles. The highest BCUT2D eigenvalue weighted by molar-refractivity contribution is 14.1. The number of halogens is 1. The minimum absolute atomic E-state index is 0.444. The quantitative estimate of drug-likeness (QED) is 0.652. The number of nitriles is 1. The monoisotopic (exact) mass is 415 g/mol. The van der Waals surface area contributed by atoms with Gasteiger partial charge < -0.3 is 15.0 Å². The van der Waals surface area contributed by atoms with Gasteiger partial charge in [0.05, 0.1) is 7.11 Å². The van der Waals surface area contributed by atoms with Gasteiger partial charge in [-0.3, -0.25) is 0 Å². The Hall–Kier alpha value is -2.46. The van der Waals surface area contributed by atoms with E-state index in [1.165, 1.54) is 0 Å². The third-order valence-electron chi connectivity index (χ3n) is 3.66. The van der Waals surface area contributed by atoms with Crippen LogP contribution in [0.3, 0.4) is 0 Å². The Morgan fingerprint density at radius 3 is 2.30 bits per heavy atom. The molecule has 23 heavy (non-hydrogen) atoms. The lowest BCUT2D eigenvalue weighted by Gasteiger charge is -2.05. The lowest BCUT2D eigenvalue weighted by atomic mass is 10.0. The van der Waals surface area contributed by atoms with Crippen LogP contribution in [0.5, 0.6) is 5.75 Å². The lowest BCUT2D eigenvalue weighted by molar-refractivity contribution is 0.415. The van der Waals surface area contributed by atoms with Crippen molar-refractivity contribution in [1.82, 2.24) is 4.57 Å². The standard InChI is InChI=1S/C18H14IN3O/c1-23-15-8-2-12(3-9-15)17-11-22(18(21)16(17)10-20)14-6-4-13(19)5-7-14/h2-9,11H,21H2,1H3. The molecule has 0 atom stereocenters. The molecule has 0 aliphatic carbocycles. The van der Waals surface area contributed by atoms with Crippen molar-refractivity contribution in [2.75, 3.05) is 12.8 Å². The van der Waals surface area contributed by atoms with Crippen molar-refractivity contribution in [3.8, 4) is 28.6 Å². The fourth-order valence-electron chi connectivity index (χ4n) is 2.44. The van der Waals surface area contributed by atoms with Crippen LogP contribution in [0, 0.1) is 14.9 Å². The second-order valence-corrected chi connectivity index (χ2v) is 6.24. The van der Waals surface area contributed by atoms with Gasteiger partial charge in [-0.15, -0.1) is 0 Å².